The molecule has 19 heavy (non-hydrogen) atoms. The predicted molar refractivity (Wildman–Crippen MR) is 73.4 cm³/mol. The molecule has 1 aliphatic heterocycles. The molecule has 2 heterocycles. The van der Waals surface area contributed by atoms with E-state index >= 15 is 0 Å². The Balaban J connectivity index is 1.95. The lowest BCUT2D eigenvalue weighted by Gasteiger charge is -2.24. The summed E-state index contributed by atoms with van der Waals surface area (Å²) in [7, 11) is 0. The van der Waals surface area contributed by atoms with Crippen LogP contribution >= 0.6 is 0 Å². The molecule has 0 saturated carbocycles. The van der Waals surface area contributed by atoms with Crippen LogP contribution in [0.4, 0.5) is 5.95 Å². The highest BCUT2D eigenvalue weighted by Gasteiger charge is 2.21. The Bertz CT molecular complexity index is 430. The summed E-state index contributed by atoms with van der Waals surface area (Å²) in [6.07, 6.45) is 2.85. The molecule has 1 aromatic rings. The van der Waals surface area contributed by atoms with E-state index in [-0.39, 0.29) is 11.5 Å². The number of fused-ring (bicyclic) bond motifs is 1. The Morgan fingerprint density at radius 2 is 2.42 bits per heavy atom. The van der Waals surface area contributed by atoms with Gasteiger partial charge in [0.1, 0.15) is 5.69 Å². The summed E-state index contributed by atoms with van der Waals surface area (Å²) in [5.74, 6) is 0.622. The molecule has 0 atom stereocenters. The maximum absolute atomic E-state index is 12.0. The fourth-order valence-corrected chi connectivity index (χ4v) is 2.11. The van der Waals surface area contributed by atoms with Crippen LogP contribution < -0.4 is 10.6 Å². The van der Waals surface area contributed by atoms with Crippen molar-refractivity contribution in [1.82, 2.24) is 14.9 Å². The maximum atomic E-state index is 12.0. The number of ether oxygens (including phenoxy) is 1. The fourth-order valence-electron chi connectivity index (χ4n) is 2.11. The van der Waals surface area contributed by atoms with Crippen LogP contribution in [0.15, 0.2) is 6.20 Å². The zero-order valence-corrected chi connectivity index (χ0v) is 11.8. The van der Waals surface area contributed by atoms with Gasteiger partial charge in [0, 0.05) is 32.4 Å². The molecule has 0 unspecified atom stereocenters. The summed E-state index contributed by atoms with van der Waals surface area (Å²) in [4.78, 5) is 16.3. The zero-order valence-electron chi connectivity index (χ0n) is 11.8. The Kier molecular flexibility index (Phi) is 4.09. The lowest BCUT2D eigenvalue weighted by Crippen LogP contribution is -2.40. The third kappa shape index (κ3) is 3.47. The Labute approximate surface area is 113 Å². The van der Waals surface area contributed by atoms with E-state index in [1.165, 1.54) is 0 Å². The molecule has 0 bridgehead atoms. The van der Waals surface area contributed by atoms with E-state index in [2.05, 4.69) is 15.6 Å². The number of aromatic nitrogens is 2. The summed E-state index contributed by atoms with van der Waals surface area (Å²) in [6, 6.07) is 0. The van der Waals surface area contributed by atoms with Gasteiger partial charge in [0.15, 0.2) is 0 Å². The van der Waals surface area contributed by atoms with E-state index in [0.29, 0.717) is 18.8 Å². The first-order valence-corrected chi connectivity index (χ1v) is 6.75. The van der Waals surface area contributed by atoms with Crippen molar-refractivity contribution in [2.24, 2.45) is 0 Å². The van der Waals surface area contributed by atoms with Gasteiger partial charge in [0.2, 0.25) is 5.95 Å². The van der Waals surface area contributed by atoms with Crippen molar-refractivity contribution in [2.75, 3.05) is 25.0 Å². The molecule has 0 spiro atoms. The van der Waals surface area contributed by atoms with E-state index in [1.54, 1.807) is 6.20 Å². The molecule has 0 fully saturated rings. The first-order valence-electron chi connectivity index (χ1n) is 6.75. The third-order valence-corrected chi connectivity index (χ3v) is 3.08. The van der Waals surface area contributed by atoms with Crippen molar-refractivity contribution in [3.8, 4) is 0 Å². The molecule has 0 aliphatic carbocycles. The lowest BCUT2D eigenvalue weighted by molar-refractivity contribution is -0.00818. The second-order valence-electron chi connectivity index (χ2n) is 5.30. The monoisotopic (exact) mass is 266 g/mol. The fraction of sp³-hybridized carbons (Fsp3) is 0.692. The molecule has 1 amide bonds. The van der Waals surface area contributed by atoms with Gasteiger partial charge in [-0.05, 0) is 27.2 Å². The number of hydrogen-bond donors (Lipinski definition) is 2. The van der Waals surface area contributed by atoms with Gasteiger partial charge >= 0.3 is 0 Å². The molecule has 2 rings (SSSR count). The van der Waals surface area contributed by atoms with Crippen molar-refractivity contribution in [3.05, 3.63) is 11.9 Å². The second kappa shape index (κ2) is 5.61. The highest BCUT2D eigenvalue weighted by atomic mass is 16.5. The van der Waals surface area contributed by atoms with Gasteiger partial charge in [0.25, 0.3) is 5.91 Å². The first-order chi connectivity index (χ1) is 9.02. The maximum Gasteiger partial charge on any atom is 0.271 e. The average Bonchev–Trinajstić information content (AvgIpc) is 2.79. The molecular weight excluding hydrogens is 244 g/mol. The summed E-state index contributed by atoms with van der Waals surface area (Å²) in [5, 5.41) is 6.04. The molecule has 2 N–H and O–H groups in total. The lowest BCUT2D eigenvalue weighted by atomic mass is 10.1. The number of anilines is 1. The number of carbonyl (C=O) groups excluding carboxylic acids is 1. The summed E-state index contributed by atoms with van der Waals surface area (Å²) in [5.41, 5.74) is 0.0962. The van der Waals surface area contributed by atoms with Gasteiger partial charge in [-0.3, -0.25) is 4.79 Å². The van der Waals surface area contributed by atoms with Crippen LogP contribution in [0.1, 0.15) is 37.7 Å². The van der Waals surface area contributed by atoms with Crippen LogP contribution in [0, 0.1) is 0 Å². The number of amides is 1. The molecular formula is C13H22N4O2. The normalized spacial score (nSPS) is 14.7. The highest BCUT2D eigenvalue weighted by Crippen LogP contribution is 2.14. The van der Waals surface area contributed by atoms with Gasteiger partial charge in [-0.2, -0.15) is 0 Å². The van der Waals surface area contributed by atoms with Crippen LogP contribution in [0.25, 0.3) is 0 Å². The molecule has 106 valence electrons. The quantitative estimate of drug-likeness (QED) is 0.841. The van der Waals surface area contributed by atoms with Crippen molar-refractivity contribution < 1.29 is 9.53 Å². The Morgan fingerprint density at radius 1 is 1.63 bits per heavy atom. The second-order valence-corrected chi connectivity index (χ2v) is 5.30. The molecule has 6 heteroatoms. The number of imidazole rings is 1. The summed E-state index contributed by atoms with van der Waals surface area (Å²) in [6.45, 7) is 8.77. The SMILES string of the molecule is CCOC(C)(C)CNC(=O)c1cn2c(n1)NCCC2. The predicted octanol–water partition coefficient (Wildman–Crippen LogP) is 1.24. The largest absolute Gasteiger partial charge is 0.374 e. The van der Waals surface area contributed by atoms with Crippen LogP contribution in [-0.2, 0) is 11.3 Å². The minimum absolute atomic E-state index is 0.156. The van der Waals surface area contributed by atoms with Gasteiger partial charge in [-0.15, -0.1) is 0 Å². The number of nitrogens with one attached hydrogen (secondary N) is 2. The number of aryl methyl sites for hydroxylation is 1. The van der Waals surface area contributed by atoms with E-state index in [1.807, 2.05) is 25.3 Å². The number of carbonyl (C=O) groups is 1. The molecule has 1 aliphatic rings. The smallest absolute Gasteiger partial charge is 0.271 e. The van der Waals surface area contributed by atoms with E-state index in [9.17, 15) is 4.79 Å². The number of rotatable bonds is 5. The van der Waals surface area contributed by atoms with Gasteiger partial charge in [-0.25, -0.2) is 4.98 Å². The van der Waals surface area contributed by atoms with Crippen LogP contribution in [0.2, 0.25) is 0 Å². The van der Waals surface area contributed by atoms with Crippen LogP contribution in [-0.4, -0.2) is 40.8 Å². The first kappa shape index (κ1) is 13.9. The minimum atomic E-state index is -0.359. The van der Waals surface area contributed by atoms with Crippen molar-refractivity contribution in [2.45, 2.75) is 39.3 Å². The molecule has 0 saturated heterocycles. The third-order valence-electron chi connectivity index (χ3n) is 3.08. The molecule has 1 aromatic heterocycles. The topological polar surface area (TPSA) is 68.2 Å². The van der Waals surface area contributed by atoms with Crippen LogP contribution in [0.3, 0.4) is 0 Å². The van der Waals surface area contributed by atoms with E-state index in [4.69, 9.17) is 4.74 Å². The summed E-state index contributed by atoms with van der Waals surface area (Å²) < 4.78 is 7.52. The van der Waals surface area contributed by atoms with Crippen LogP contribution in [0.5, 0.6) is 0 Å². The standard InChI is InChI=1S/C13H22N4O2/c1-4-19-13(2,3)9-15-11(18)10-8-17-7-5-6-14-12(17)16-10/h8H,4-7,9H2,1-3H3,(H,14,16)(H,15,18). The summed E-state index contributed by atoms with van der Waals surface area (Å²) >= 11 is 0. The van der Waals surface area contributed by atoms with Gasteiger partial charge in [-0.1, -0.05) is 0 Å². The molecule has 0 radical (unpaired) electrons. The van der Waals surface area contributed by atoms with Crippen molar-refractivity contribution >= 4 is 11.9 Å². The van der Waals surface area contributed by atoms with E-state index < -0.39 is 0 Å². The number of hydrogen-bond acceptors (Lipinski definition) is 4. The Morgan fingerprint density at radius 3 is 3.11 bits per heavy atom. The van der Waals surface area contributed by atoms with Gasteiger partial charge in [0.05, 0.1) is 5.60 Å². The highest BCUT2D eigenvalue weighted by molar-refractivity contribution is 5.92. The van der Waals surface area contributed by atoms with Gasteiger partial charge < -0.3 is 19.9 Å². The average molecular weight is 266 g/mol. The minimum Gasteiger partial charge on any atom is -0.374 e. The zero-order chi connectivity index (χ0) is 13.9. The Hall–Kier alpha value is -1.56. The van der Waals surface area contributed by atoms with Crippen molar-refractivity contribution in [3.63, 3.8) is 0 Å². The van der Waals surface area contributed by atoms with E-state index in [0.717, 1.165) is 25.5 Å². The molecule has 0 aromatic carbocycles. The van der Waals surface area contributed by atoms with Crippen molar-refractivity contribution in [1.29, 1.82) is 0 Å². The number of nitrogens with zero attached hydrogens (tertiary/aromatic N) is 2. The molecule has 6 nitrogen and oxygen atoms in total.